The molecule has 0 bridgehead atoms. The van der Waals surface area contributed by atoms with Crippen molar-refractivity contribution in [2.45, 2.75) is 44.6 Å². The van der Waals surface area contributed by atoms with Gasteiger partial charge in [0.15, 0.2) is 0 Å². The van der Waals surface area contributed by atoms with Crippen LogP contribution in [0, 0.1) is 0 Å². The molecule has 178 valence electrons. The van der Waals surface area contributed by atoms with Crippen molar-refractivity contribution in [2.75, 3.05) is 31.6 Å². The van der Waals surface area contributed by atoms with Gasteiger partial charge in [-0.1, -0.05) is 36.6 Å². The maximum atomic E-state index is 13.3. The highest BCUT2D eigenvalue weighted by Crippen LogP contribution is 2.38. The molecule has 2 amide bonds. The molecule has 2 aliphatic heterocycles. The Kier molecular flexibility index (Phi) is 6.46. The van der Waals surface area contributed by atoms with E-state index in [1.807, 2.05) is 33.7 Å². The number of para-hydroxylation sites is 2. The Morgan fingerprint density at radius 2 is 1.88 bits per heavy atom. The lowest BCUT2D eigenvalue weighted by atomic mass is 10.1. The van der Waals surface area contributed by atoms with E-state index in [2.05, 4.69) is 0 Å². The fraction of sp³-hybridized carbons (Fsp3) is 0.423. The number of fused-ring (bicyclic) bond motifs is 1. The molecule has 34 heavy (non-hydrogen) atoms. The minimum absolute atomic E-state index is 0.0111. The number of halogens is 1. The number of ether oxygens (including phenoxy) is 1. The zero-order valence-electron chi connectivity index (χ0n) is 19.4. The summed E-state index contributed by atoms with van der Waals surface area (Å²) in [7, 11) is 1.58. The van der Waals surface area contributed by atoms with Gasteiger partial charge in [-0.15, -0.1) is 0 Å². The second-order valence-corrected chi connectivity index (χ2v) is 9.50. The Morgan fingerprint density at radius 3 is 2.65 bits per heavy atom. The highest BCUT2D eigenvalue weighted by Gasteiger charge is 2.36. The average Bonchev–Trinajstić information content (AvgIpc) is 3.26. The quantitative estimate of drug-likeness (QED) is 0.534. The number of likely N-dealkylation sites (tertiary alicyclic amines) is 1. The lowest BCUT2D eigenvalue weighted by Crippen LogP contribution is -2.35. The predicted octanol–water partition coefficient (Wildman–Crippen LogP) is 4.62. The smallest absolute Gasteiger partial charge is 0.242 e. The largest absolute Gasteiger partial charge is 0.495 e. The molecule has 1 aromatic heterocycles. The third-order valence-corrected chi connectivity index (χ3v) is 7.09. The van der Waals surface area contributed by atoms with Gasteiger partial charge in [0.25, 0.3) is 0 Å². The van der Waals surface area contributed by atoms with E-state index < -0.39 is 0 Å². The van der Waals surface area contributed by atoms with Crippen LogP contribution < -0.4 is 9.64 Å². The summed E-state index contributed by atoms with van der Waals surface area (Å²) in [5.41, 5.74) is 2.42. The number of aromatic nitrogens is 2. The lowest BCUT2D eigenvalue weighted by Gasteiger charge is -2.22. The number of carbonyl (C=O) groups excluding carboxylic acids is 2. The summed E-state index contributed by atoms with van der Waals surface area (Å²) in [5.74, 6) is 1.34. The second-order valence-electron chi connectivity index (χ2n) is 9.06. The van der Waals surface area contributed by atoms with Crippen molar-refractivity contribution in [3.63, 3.8) is 0 Å². The minimum atomic E-state index is -0.138. The first-order valence-corrected chi connectivity index (χ1v) is 12.3. The van der Waals surface area contributed by atoms with Crippen molar-refractivity contribution >= 4 is 40.1 Å². The van der Waals surface area contributed by atoms with Crippen LogP contribution >= 0.6 is 11.6 Å². The van der Waals surface area contributed by atoms with Gasteiger partial charge in [-0.3, -0.25) is 9.59 Å². The highest BCUT2D eigenvalue weighted by atomic mass is 35.5. The number of rotatable bonds is 5. The highest BCUT2D eigenvalue weighted by molar-refractivity contribution is 6.31. The summed E-state index contributed by atoms with van der Waals surface area (Å²) in [6.07, 6.45) is 4.77. The van der Waals surface area contributed by atoms with Crippen LogP contribution in [0.3, 0.4) is 0 Å². The molecule has 0 aliphatic carbocycles. The van der Waals surface area contributed by atoms with Crippen molar-refractivity contribution in [3.8, 4) is 5.75 Å². The van der Waals surface area contributed by atoms with Gasteiger partial charge in [-0.05, 0) is 43.2 Å². The zero-order chi connectivity index (χ0) is 23.7. The van der Waals surface area contributed by atoms with E-state index in [-0.39, 0.29) is 24.3 Å². The molecular formula is C26H29ClN4O3. The van der Waals surface area contributed by atoms with Crippen LogP contribution in [0.2, 0.25) is 5.02 Å². The Balaban J connectivity index is 1.46. The molecule has 0 radical (unpaired) electrons. The lowest BCUT2D eigenvalue weighted by molar-refractivity contribution is -0.131. The molecular weight excluding hydrogens is 452 g/mol. The van der Waals surface area contributed by atoms with E-state index in [0.29, 0.717) is 29.4 Å². The van der Waals surface area contributed by atoms with Crippen molar-refractivity contribution in [3.05, 3.63) is 53.3 Å². The molecule has 0 spiro atoms. The van der Waals surface area contributed by atoms with Crippen molar-refractivity contribution in [1.29, 1.82) is 0 Å². The van der Waals surface area contributed by atoms with Crippen LogP contribution in [0.25, 0.3) is 11.0 Å². The number of carbonyl (C=O) groups is 2. The molecule has 8 heteroatoms. The first-order valence-electron chi connectivity index (χ1n) is 11.9. The third-order valence-electron chi connectivity index (χ3n) is 6.86. The number of hydrogen-bond acceptors (Lipinski definition) is 4. The third kappa shape index (κ3) is 4.37. The van der Waals surface area contributed by atoms with E-state index in [0.717, 1.165) is 42.8 Å². The van der Waals surface area contributed by atoms with E-state index in [4.69, 9.17) is 21.3 Å². The fourth-order valence-electron chi connectivity index (χ4n) is 5.11. The molecule has 2 fully saturated rings. The fourth-order valence-corrected chi connectivity index (χ4v) is 5.28. The molecule has 2 aliphatic rings. The first-order chi connectivity index (χ1) is 16.5. The van der Waals surface area contributed by atoms with Crippen LogP contribution in [0.15, 0.2) is 42.5 Å². The van der Waals surface area contributed by atoms with Gasteiger partial charge in [-0.25, -0.2) is 4.98 Å². The van der Waals surface area contributed by atoms with Crippen LogP contribution in [-0.2, 0) is 16.1 Å². The van der Waals surface area contributed by atoms with Gasteiger partial charge >= 0.3 is 0 Å². The van der Waals surface area contributed by atoms with Crippen molar-refractivity contribution < 1.29 is 14.3 Å². The molecule has 2 saturated heterocycles. The number of benzene rings is 2. The number of methoxy groups -OCH3 is 1. The number of imidazole rings is 1. The first kappa shape index (κ1) is 22.7. The van der Waals surface area contributed by atoms with Gasteiger partial charge in [0, 0.05) is 37.0 Å². The summed E-state index contributed by atoms with van der Waals surface area (Å²) in [4.78, 5) is 34.9. The molecule has 3 aromatic rings. The SMILES string of the molecule is COc1ccc(Cl)cc1N1CC(c2nc3ccccc3n2CC(=O)N2CCCCCC2)CC1=O. The van der Waals surface area contributed by atoms with Crippen LogP contribution in [0.5, 0.6) is 5.75 Å². The number of nitrogens with zero attached hydrogens (tertiary/aromatic N) is 4. The van der Waals surface area contributed by atoms with E-state index in [1.165, 1.54) is 12.8 Å². The van der Waals surface area contributed by atoms with E-state index in [1.54, 1.807) is 30.2 Å². The molecule has 1 unspecified atom stereocenters. The van der Waals surface area contributed by atoms with Crippen LogP contribution in [0.1, 0.15) is 43.8 Å². The molecule has 2 aromatic carbocycles. The Hall–Kier alpha value is -3.06. The monoisotopic (exact) mass is 480 g/mol. The Labute approximate surface area is 204 Å². The average molecular weight is 481 g/mol. The van der Waals surface area contributed by atoms with Gasteiger partial charge < -0.3 is 19.1 Å². The maximum absolute atomic E-state index is 13.3. The molecule has 0 N–H and O–H groups in total. The maximum Gasteiger partial charge on any atom is 0.242 e. The zero-order valence-corrected chi connectivity index (χ0v) is 20.1. The van der Waals surface area contributed by atoms with E-state index >= 15 is 0 Å². The Morgan fingerprint density at radius 1 is 1.12 bits per heavy atom. The van der Waals surface area contributed by atoms with Crippen LogP contribution in [0.4, 0.5) is 5.69 Å². The molecule has 3 heterocycles. The summed E-state index contributed by atoms with van der Waals surface area (Å²) >= 11 is 6.22. The molecule has 1 atom stereocenters. The molecule has 5 rings (SSSR count). The topological polar surface area (TPSA) is 67.7 Å². The summed E-state index contributed by atoms with van der Waals surface area (Å²) in [6, 6.07) is 13.1. The standard InChI is InChI=1S/C26H29ClN4O3/c1-34-23-11-10-19(27)15-22(23)30-16-18(14-24(30)32)26-28-20-8-4-5-9-21(20)31(26)17-25(33)29-12-6-2-3-7-13-29/h4-5,8-11,15,18H,2-3,6-7,12-14,16-17H2,1H3. The summed E-state index contributed by atoms with van der Waals surface area (Å²) < 4.78 is 7.49. The summed E-state index contributed by atoms with van der Waals surface area (Å²) in [6.45, 7) is 2.31. The summed E-state index contributed by atoms with van der Waals surface area (Å²) in [5, 5.41) is 0.544. The number of amides is 2. The van der Waals surface area contributed by atoms with Gasteiger partial charge in [0.05, 0.1) is 23.8 Å². The Bertz CT molecular complexity index is 1220. The molecule has 0 saturated carbocycles. The second kappa shape index (κ2) is 9.66. The number of anilines is 1. The predicted molar refractivity (Wildman–Crippen MR) is 132 cm³/mol. The van der Waals surface area contributed by atoms with Gasteiger partial charge in [-0.2, -0.15) is 0 Å². The minimum Gasteiger partial charge on any atom is -0.495 e. The van der Waals surface area contributed by atoms with Crippen molar-refractivity contribution in [2.24, 2.45) is 0 Å². The normalized spacial score (nSPS) is 19.0. The van der Waals surface area contributed by atoms with Crippen molar-refractivity contribution in [1.82, 2.24) is 14.5 Å². The van der Waals surface area contributed by atoms with E-state index in [9.17, 15) is 9.59 Å². The van der Waals surface area contributed by atoms with Gasteiger partial charge in [0.2, 0.25) is 11.8 Å². The van der Waals surface area contributed by atoms with Crippen LogP contribution in [-0.4, -0.2) is 53.0 Å². The molecule has 7 nitrogen and oxygen atoms in total. The van der Waals surface area contributed by atoms with Gasteiger partial charge in [0.1, 0.15) is 18.1 Å². The number of hydrogen-bond donors (Lipinski definition) is 0.